The van der Waals surface area contributed by atoms with Crippen LogP contribution in [0.5, 0.6) is 11.5 Å². The van der Waals surface area contributed by atoms with Crippen molar-refractivity contribution in [1.82, 2.24) is 29.2 Å². The van der Waals surface area contributed by atoms with Gasteiger partial charge in [-0.1, -0.05) is 6.07 Å². The molecule has 2 aromatic heterocycles. The molecule has 0 spiro atoms. The molecule has 0 atom stereocenters. The van der Waals surface area contributed by atoms with Crippen LogP contribution in [0.1, 0.15) is 17.1 Å². The standard InChI is InChI=1S/C17H18N6O2/c1-2-15-16(25-12-24-15)5-13(1)6-21-3-4-22-7-14(20-17(22)9-21)8-23-11-18-10-19-23/h1-2,5,7,10-11H,3-4,6,8-9,12H2. The van der Waals surface area contributed by atoms with E-state index in [1.807, 2.05) is 6.07 Å². The van der Waals surface area contributed by atoms with E-state index in [0.29, 0.717) is 13.3 Å². The van der Waals surface area contributed by atoms with E-state index in [9.17, 15) is 0 Å². The SMILES string of the molecule is c1ncn(Cc2cn3c(n2)CN(Cc2ccc4c(c2)OCO4)CC3)n1. The third-order valence-electron chi connectivity index (χ3n) is 4.56. The molecule has 0 aliphatic carbocycles. The number of benzene rings is 1. The van der Waals surface area contributed by atoms with E-state index in [0.717, 1.165) is 49.2 Å². The van der Waals surface area contributed by atoms with Crippen LogP contribution >= 0.6 is 0 Å². The molecular weight excluding hydrogens is 320 g/mol. The molecule has 8 nitrogen and oxygen atoms in total. The summed E-state index contributed by atoms with van der Waals surface area (Å²) in [4.78, 5) is 11.1. The van der Waals surface area contributed by atoms with Crippen molar-refractivity contribution in [2.24, 2.45) is 0 Å². The smallest absolute Gasteiger partial charge is 0.231 e. The van der Waals surface area contributed by atoms with Crippen LogP contribution in [0, 0.1) is 0 Å². The first-order valence-electron chi connectivity index (χ1n) is 8.32. The molecule has 0 N–H and O–H groups in total. The predicted octanol–water partition coefficient (Wildman–Crippen LogP) is 1.27. The average Bonchev–Trinajstić information content (AvgIpc) is 3.34. The second-order valence-corrected chi connectivity index (χ2v) is 6.33. The Morgan fingerprint density at radius 1 is 1.08 bits per heavy atom. The first-order valence-corrected chi connectivity index (χ1v) is 8.32. The lowest BCUT2D eigenvalue weighted by Crippen LogP contribution is -2.33. The van der Waals surface area contributed by atoms with E-state index in [2.05, 4.69) is 37.9 Å². The van der Waals surface area contributed by atoms with Gasteiger partial charge in [-0.2, -0.15) is 5.10 Å². The minimum absolute atomic E-state index is 0.314. The molecular formula is C17H18N6O2. The van der Waals surface area contributed by atoms with E-state index in [4.69, 9.17) is 14.5 Å². The van der Waals surface area contributed by atoms with Crippen LogP contribution in [0.15, 0.2) is 37.1 Å². The van der Waals surface area contributed by atoms with Crippen LogP contribution in [0.2, 0.25) is 0 Å². The van der Waals surface area contributed by atoms with Crippen molar-refractivity contribution in [3.05, 3.63) is 54.1 Å². The Morgan fingerprint density at radius 3 is 2.96 bits per heavy atom. The first kappa shape index (κ1) is 14.5. The lowest BCUT2D eigenvalue weighted by Gasteiger charge is -2.27. The van der Waals surface area contributed by atoms with Gasteiger partial charge in [-0.15, -0.1) is 0 Å². The van der Waals surface area contributed by atoms with Crippen LogP contribution in [0.4, 0.5) is 0 Å². The Hall–Kier alpha value is -2.87. The zero-order valence-electron chi connectivity index (χ0n) is 13.7. The maximum atomic E-state index is 5.47. The van der Waals surface area contributed by atoms with Gasteiger partial charge in [0.2, 0.25) is 6.79 Å². The third-order valence-corrected chi connectivity index (χ3v) is 4.56. The van der Waals surface area contributed by atoms with Crippen molar-refractivity contribution in [2.75, 3.05) is 13.3 Å². The summed E-state index contributed by atoms with van der Waals surface area (Å²) >= 11 is 0. The van der Waals surface area contributed by atoms with E-state index in [1.165, 1.54) is 5.56 Å². The number of nitrogens with zero attached hydrogens (tertiary/aromatic N) is 6. The molecule has 0 unspecified atom stereocenters. The van der Waals surface area contributed by atoms with Crippen molar-refractivity contribution in [1.29, 1.82) is 0 Å². The zero-order valence-corrected chi connectivity index (χ0v) is 13.7. The van der Waals surface area contributed by atoms with Crippen LogP contribution in [-0.2, 0) is 26.2 Å². The average molecular weight is 338 g/mol. The number of imidazole rings is 1. The second kappa shape index (κ2) is 5.89. The molecule has 0 amide bonds. The molecule has 2 aliphatic rings. The molecule has 3 aromatic rings. The zero-order chi connectivity index (χ0) is 16.6. The summed E-state index contributed by atoms with van der Waals surface area (Å²) in [7, 11) is 0. The number of hydrogen-bond donors (Lipinski definition) is 0. The Bertz CT molecular complexity index is 889. The molecule has 25 heavy (non-hydrogen) atoms. The van der Waals surface area contributed by atoms with Crippen molar-refractivity contribution in [3.8, 4) is 11.5 Å². The number of fused-ring (bicyclic) bond motifs is 2. The summed E-state index contributed by atoms with van der Waals surface area (Å²) in [5.41, 5.74) is 2.25. The summed E-state index contributed by atoms with van der Waals surface area (Å²) in [5.74, 6) is 2.77. The topological polar surface area (TPSA) is 70.2 Å². The Balaban J connectivity index is 1.28. The van der Waals surface area contributed by atoms with Gasteiger partial charge in [-0.25, -0.2) is 14.6 Å². The van der Waals surface area contributed by atoms with Gasteiger partial charge in [0.1, 0.15) is 18.5 Å². The van der Waals surface area contributed by atoms with Crippen molar-refractivity contribution < 1.29 is 9.47 Å². The highest BCUT2D eigenvalue weighted by Gasteiger charge is 2.20. The quantitative estimate of drug-likeness (QED) is 0.713. The predicted molar refractivity (Wildman–Crippen MR) is 88.0 cm³/mol. The van der Waals surface area contributed by atoms with Crippen molar-refractivity contribution in [3.63, 3.8) is 0 Å². The summed E-state index contributed by atoms with van der Waals surface area (Å²) in [6.07, 6.45) is 5.38. The lowest BCUT2D eigenvalue weighted by atomic mass is 10.2. The number of aromatic nitrogens is 5. The summed E-state index contributed by atoms with van der Waals surface area (Å²) in [6, 6.07) is 6.16. The fourth-order valence-electron chi connectivity index (χ4n) is 3.35. The minimum atomic E-state index is 0.314. The first-order chi connectivity index (χ1) is 12.3. The molecule has 0 radical (unpaired) electrons. The van der Waals surface area contributed by atoms with Gasteiger partial charge in [0.25, 0.3) is 0 Å². The van der Waals surface area contributed by atoms with Gasteiger partial charge in [0, 0.05) is 25.8 Å². The third kappa shape index (κ3) is 2.85. The van der Waals surface area contributed by atoms with E-state index >= 15 is 0 Å². The Morgan fingerprint density at radius 2 is 2.04 bits per heavy atom. The molecule has 4 heterocycles. The van der Waals surface area contributed by atoms with Crippen LogP contribution in [0.25, 0.3) is 0 Å². The fraction of sp³-hybridized carbons (Fsp3) is 0.353. The Kier molecular flexibility index (Phi) is 3.41. The highest BCUT2D eigenvalue weighted by molar-refractivity contribution is 5.44. The van der Waals surface area contributed by atoms with Crippen molar-refractivity contribution >= 4 is 0 Å². The highest BCUT2D eigenvalue weighted by atomic mass is 16.7. The maximum absolute atomic E-state index is 5.47. The lowest BCUT2D eigenvalue weighted by molar-refractivity contribution is 0.173. The molecule has 0 fully saturated rings. The Labute approximate surface area is 144 Å². The molecule has 0 saturated heterocycles. The molecule has 128 valence electrons. The van der Waals surface area contributed by atoms with Gasteiger partial charge in [0.05, 0.1) is 18.8 Å². The van der Waals surface area contributed by atoms with Gasteiger partial charge in [-0.3, -0.25) is 4.90 Å². The highest BCUT2D eigenvalue weighted by Crippen LogP contribution is 2.33. The number of rotatable bonds is 4. The van der Waals surface area contributed by atoms with Crippen LogP contribution in [0.3, 0.4) is 0 Å². The number of ether oxygens (including phenoxy) is 2. The minimum Gasteiger partial charge on any atom is -0.454 e. The van der Waals surface area contributed by atoms with Gasteiger partial charge in [0.15, 0.2) is 11.5 Å². The molecule has 8 heteroatoms. The molecule has 0 saturated carbocycles. The summed E-state index contributed by atoms with van der Waals surface area (Å²) < 4.78 is 14.9. The van der Waals surface area contributed by atoms with Crippen molar-refractivity contribution in [2.45, 2.75) is 26.2 Å². The largest absolute Gasteiger partial charge is 0.454 e. The fourth-order valence-corrected chi connectivity index (χ4v) is 3.35. The van der Waals surface area contributed by atoms with Crippen LogP contribution in [-0.4, -0.2) is 42.6 Å². The van der Waals surface area contributed by atoms with Gasteiger partial charge >= 0.3 is 0 Å². The summed E-state index contributed by atoms with van der Waals surface area (Å²) in [5, 5.41) is 4.14. The van der Waals surface area contributed by atoms with E-state index < -0.39 is 0 Å². The molecule has 1 aromatic carbocycles. The molecule has 2 aliphatic heterocycles. The monoisotopic (exact) mass is 338 g/mol. The normalized spacial score (nSPS) is 16.2. The van der Waals surface area contributed by atoms with E-state index in [-0.39, 0.29) is 0 Å². The van der Waals surface area contributed by atoms with Crippen LogP contribution < -0.4 is 9.47 Å². The van der Waals surface area contributed by atoms with Gasteiger partial charge < -0.3 is 14.0 Å². The van der Waals surface area contributed by atoms with E-state index in [1.54, 1.807) is 17.3 Å². The molecule has 0 bridgehead atoms. The maximum Gasteiger partial charge on any atom is 0.231 e. The summed E-state index contributed by atoms with van der Waals surface area (Å²) in [6.45, 7) is 4.63. The number of hydrogen-bond acceptors (Lipinski definition) is 6. The van der Waals surface area contributed by atoms with Gasteiger partial charge in [-0.05, 0) is 17.7 Å². The molecule has 5 rings (SSSR count). The second-order valence-electron chi connectivity index (χ2n) is 6.33.